The maximum absolute atomic E-state index is 14.7. The Labute approximate surface area is 454 Å². The van der Waals surface area contributed by atoms with E-state index in [0.717, 1.165) is 24.8 Å². The molecule has 0 unspecified atom stereocenters. The van der Waals surface area contributed by atoms with Crippen molar-refractivity contribution >= 4 is 59.2 Å². The molecule has 1 saturated carbocycles. The topological polar surface area (TPSA) is 268 Å². The fourth-order valence-electron chi connectivity index (χ4n) is 10.8. The summed E-state index contributed by atoms with van der Waals surface area (Å²) in [6.45, 7) is 12.1. The molecule has 1 aliphatic carbocycles. The first-order valence-corrected chi connectivity index (χ1v) is 27.8. The van der Waals surface area contributed by atoms with Gasteiger partial charge in [-0.15, -0.1) is 5.06 Å². The lowest BCUT2D eigenvalue weighted by Gasteiger charge is -2.41. The Bertz CT molecular complexity index is 2160. The van der Waals surface area contributed by atoms with Gasteiger partial charge in [-0.1, -0.05) is 91.1 Å². The van der Waals surface area contributed by atoms with E-state index in [1.807, 2.05) is 40.7 Å². The fourth-order valence-corrected chi connectivity index (χ4v) is 10.8. The highest BCUT2D eigenvalue weighted by Gasteiger charge is 2.52. The number of likely N-dealkylation sites (N-methyl/N-ethyl adjacent to an activating group) is 1. The number of fused-ring (bicyclic) bond motifs is 2. The zero-order valence-corrected chi connectivity index (χ0v) is 46.9. The summed E-state index contributed by atoms with van der Waals surface area (Å²) in [6, 6.07) is 5.47. The Morgan fingerprint density at radius 3 is 2.10 bits per heavy atom. The SMILES string of the molecule is CCCCN(C[C@H](OC)[C@@H](C)C(=O)N[C@@H](Cc1ccccc1)C(=O)O)C(=O)C[C@@H](OC)[C@H]([C@@H](C)CC)N(C)C(=O)[C@@H](NC(=O)[C@@H]1[C@H]2CC[C@H](C2)N1C(=O)CCCCCNC(=O)CCCC(=O)ON1C(=O)CCC1=O)C(C)C. The number of benzene rings is 1. The number of carboxylic acid groups (broad SMARTS) is 1. The summed E-state index contributed by atoms with van der Waals surface area (Å²) in [5, 5.41) is 19.0. The molecular formula is C56H87N7O14. The van der Waals surface area contributed by atoms with Crippen LogP contribution in [0.3, 0.4) is 0 Å². The number of rotatable bonds is 34. The van der Waals surface area contributed by atoms with E-state index in [2.05, 4.69) is 16.0 Å². The molecule has 0 spiro atoms. The smallest absolute Gasteiger partial charge is 0.333 e. The normalized spacial score (nSPS) is 19.7. The maximum atomic E-state index is 14.7. The highest BCUT2D eigenvalue weighted by Crippen LogP contribution is 2.43. The molecule has 2 bridgehead atoms. The molecule has 10 atom stereocenters. The van der Waals surface area contributed by atoms with Crippen LogP contribution in [0.4, 0.5) is 0 Å². The molecule has 0 aromatic heterocycles. The molecule has 21 nitrogen and oxygen atoms in total. The van der Waals surface area contributed by atoms with E-state index in [4.69, 9.17) is 14.3 Å². The molecule has 1 aromatic carbocycles. The van der Waals surface area contributed by atoms with E-state index < -0.39 is 72.0 Å². The Hall–Kier alpha value is -5.96. The molecule has 2 saturated heterocycles. The highest BCUT2D eigenvalue weighted by atomic mass is 16.7. The van der Waals surface area contributed by atoms with E-state index in [1.165, 1.54) is 14.2 Å². The molecule has 2 heterocycles. The van der Waals surface area contributed by atoms with Crippen LogP contribution in [0.15, 0.2) is 30.3 Å². The number of carbonyl (C=O) groups is 10. The fraction of sp³-hybridized carbons (Fsp3) is 0.714. The van der Waals surface area contributed by atoms with Crippen molar-refractivity contribution < 1.29 is 67.4 Å². The summed E-state index contributed by atoms with van der Waals surface area (Å²) >= 11 is 0. The van der Waals surface area contributed by atoms with Crippen molar-refractivity contribution in [3.63, 3.8) is 0 Å². The molecule has 2 aliphatic heterocycles. The van der Waals surface area contributed by atoms with Gasteiger partial charge in [0.15, 0.2) is 0 Å². The number of amides is 8. The van der Waals surface area contributed by atoms with E-state index >= 15 is 0 Å². The van der Waals surface area contributed by atoms with Crippen LogP contribution in [0.1, 0.15) is 150 Å². The zero-order valence-electron chi connectivity index (χ0n) is 46.9. The molecule has 3 fully saturated rings. The molecule has 77 heavy (non-hydrogen) atoms. The standard InChI is InChI=1S/C56H87N7O14/c1-10-12-30-61(34-43(76-9)37(6)53(70)58-41(56(73)74)31-38-20-15-13-16-21-38)48(68)33-42(75-8)51(36(5)11-2)60(7)55(72)50(35(3)4)59-54(71)52-39-25-26-40(32-39)62(52)45(65)23-17-14-18-29-57-44(64)22-19-24-49(69)77-63-46(66)27-28-47(63)67/h13,15-16,20-21,35-37,39-43,50-52H,10-12,14,17-19,22-34H2,1-9H3,(H,57,64)(H,58,70)(H,59,71)(H,73,74)/t36-,37+,39-,40+,41-,42+,43-,50-,51-,52-/m0/s1. The number of unbranched alkanes of at least 4 members (excludes halogenated alkanes) is 3. The third kappa shape index (κ3) is 18.3. The summed E-state index contributed by atoms with van der Waals surface area (Å²) in [5.74, 6) is -6.36. The summed E-state index contributed by atoms with van der Waals surface area (Å²) in [5.41, 5.74) is 0.753. The number of piperidine rings is 1. The number of hydrogen-bond acceptors (Lipinski definition) is 13. The first-order valence-electron chi connectivity index (χ1n) is 27.8. The molecule has 4 rings (SSSR count). The molecule has 0 radical (unpaired) electrons. The number of aliphatic carboxylic acids is 1. The molecule has 1 aromatic rings. The largest absolute Gasteiger partial charge is 0.480 e. The predicted molar refractivity (Wildman–Crippen MR) is 284 cm³/mol. The Kier molecular flexibility index (Phi) is 26.0. The third-order valence-corrected chi connectivity index (χ3v) is 15.5. The van der Waals surface area contributed by atoms with Crippen LogP contribution in [0.5, 0.6) is 0 Å². The number of hydroxylamine groups is 2. The number of methoxy groups -OCH3 is 2. The lowest BCUT2D eigenvalue weighted by Crippen LogP contribution is -2.60. The number of nitrogens with one attached hydrogen (secondary N) is 3. The summed E-state index contributed by atoms with van der Waals surface area (Å²) in [6.07, 6.45) is 4.91. The van der Waals surface area contributed by atoms with Crippen LogP contribution in [0.2, 0.25) is 0 Å². The van der Waals surface area contributed by atoms with Gasteiger partial charge in [-0.3, -0.25) is 38.4 Å². The van der Waals surface area contributed by atoms with E-state index in [-0.39, 0.29) is 111 Å². The van der Waals surface area contributed by atoms with Gasteiger partial charge in [-0.05, 0) is 68.3 Å². The van der Waals surface area contributed by atoms with Crippen LogP contribution in [-0.2, 0) is 68.7 Å². The quantitative estimate of drug-likeness (QED) is 0.0553. The maximum Gasteiger partial charge on any atom is 0.333 e. The lowest BCUT2D eigenvalue weighted by atomic mass is 9.89. The second-order valence-electron chi connectivity index (χ2n) is 21.4. The van der Waals surface area contributed by atoms with Gasteiger partial charge in [0.1, 0.15) is 18.1 Å². The third-order valence-electron chi connectivity index (χ3n) is 15.5. The van der Waals surface area contributed by atoms with Crippen LogP contribution in [0, 0.1) is 23.7 Å². The van der Waals surface area contributed by atoms with Crippen LogP contribution in [0.25, 0.3) is 0 Å². The van der Waals surface area contributed by atoms with Gasteiger partial charge < -0.3 is 50.1 Å². The van der Waals surface area contributed by atoms with Gasteiger partial charge in [0.05, 0.1) is 30.6 Å². The van der Waals surface area contributed by atoms with Crippen LogP contribution >= 0.6 is 0 Å². The first-order chi connectivity index (χ1) is 36.7. The number of nitrogens with zero attached hydrogens (tertiary/aromatic N) is 4. The first kappa shape index (κ1) is 63.6. The van der Waals surface area contributed by atoms with Crippen molar-refractivity contribution in [2.24, 2.45) is 23.7 Å². The Balaban J connectivity index is 1.34. The summed E-state index contributed by atoms with van der Waals surface area (Å²) < 4.78 is 11.9. The number of likely N-dealkylation sites (tertiary alicyclic amines) is 1. The summed E-state index contributed by atoms with van der Waals surface area (Å²) in [7, 11) is 4.62. The summed E-state index contributed by atoms with van der Waals surface area (Å²) in [4.78, 5) is 141. The minimum atomic E-state index is -1.18. The van der Waals surface area contributed by atoms with Crippen LogP contribution in [-0.4, -0.2) is 167 Å². The molecule has 21 heteroatoms. The predicted octanol–water partition coefficient (Wildman–Crippen LogP) is 4.33. The van der Waals surface area contributed by atoms with Crippen molar-refractivity contribution in [1.29, 1.82) is 0 Å². The minimum absolute atomic E-state index is 0.00350. The van der Waals surface area contributed by atoms with Gasteiger partial charge in [-0.25, -0.2) is 9.59 Å². The van der Waals surface area contributed by atoms with Crippen molar-refractivity contribution in [2.45, 2.75) is 193 Å². The molecule has 8 amide bonds. The van der Waals surface area contributed by atoms with Gasteiger partial charge in [0, 0.05) is 85.5 Å². The van der Waals surface area contributed by atoms with E-state index in [1.54, 1.807) is 52.9 Å². The van der Waals surface area contributed by atoms with Gasteiger partial charge in [-0.2, -0.15) is 0 Å². The number of carbonyl (C=O) groups excluding carboxylic acids is 9. The van der Waals surface area contributed by atoms with Crippen LogP contribution < -0.4 is 16.0 Å². The Morgan fingerprint density at radius 1 is 0.818 bits per heavy atom. The van der Waals surface area contributed by atoms with Gasteiger partial charge >= 0.3 is 11.9 Å². The minimum Gasteiger partial charge on any atom is -0.480 e. The van der Waals surface area contributed by atoms with Gasteiger partial charge in [0.25, 0.3) is 11.8 Å². The zero-order chi connectivity index (χ0) is 56.9. The number of carboxylic acids is 1. The molecule has 4 N–H and O–H groups in total. The number of ether oxygens (including phenoxy) is 2. The van der Waals surface area contributed by atoms with Crippen molar-refractivity contribution in [2.75, 3.05) is 40.9 Å². The molecule has 3 aliphatic rings. The Morgan fingerprint density at radius 2 is 1.49 bits per heavy atom. The number of hydrogen-bond donors (Lipinski definition) is 4. The van der Waals surface area contributed by atoms with Crippen molar-refractivity contribution in [1.82, 2.24) is 35.7 Å². The number of imide groups is 1. The van der Waals surface area contributed by atoms with Gasteiger partial charge in [0.2, 0.25) is 35.4 Å². The second-order valence-corrected chi connectivity index (χ2v) is 21.4. The average molecular weight is 1080 g/mol. The monoisotopic (exact) mass is 1080 g/mol. The van der Waals surface area contributed by atoms with Crippen molar-refractivity contribution in [3.8, 4) is 0 Å². The van der Waals surface area contributed by atoms with E-state index in [9.17, 15) is 53.1 Å². The highest BCUT2D eigenvalue weighted by molar-refractivity contribution is 6.01. The average Bonchev–Trinajstić information content (AvgIpc) is 4.12. The molecule has 430 valence electrons. The lowest BCUT2D eigenvalue weighted by molar-refractivity contribution is -0.197. The second kappa shape index (κ2) is 31.4. The van der Waals surface area contributed by atoms with E-state index in [0.29, 0.717) is 56.7 Å². The van der Waals surface area contributed by atoms with Crippen molar-refractivity contribution in [3.05, 3.63) is 35.9 Å². The molecular weight excluding hydrogens is 995 g/mol.